The molecule has 2 rings (SSSR count). The van der Waals surface area contributed by atoms with Crippen LogP contribution in [-0.2, 0) is 13.0 Å². The van der Waals surface area contributed by atoms with Crippen LogP contribution < -0.4 is 10.5 Å². The predicted molar refractivity (Wildman–Crippen MR) is 74.9 cm³/mol. The fraction of sp³-hybridized carbons (Fsp3) is 0.200. The second kappa shape index (κ2) is 6.68. The van der Waals surface area contributed by atoms with E-state index in [1.54, 1.807) is 18.2 Å². The molecule has 5 heteroatoms. The van der Waals surface area contributed by atoms with Crippen molar-refractivity contribution in [1.29, 1.82) is 0 Å². The Hall–Kier alpha value is -1.65. The van der Waals surface area contributed by atoms with E-state index in [0.717, 1.165) is 0 Å². The smallest absolute Gasteiger partial charge is 0.165 e. The Morgan fingerprint density at radius 1 is 1.00 bits per heavy atom. The van der Waals surface area contributed by atoms with Gasteiger partial charge < -0.3 is 10.5 Å². The molecule has 0 fully saturated rings. The van der Waals surface area contributed by atoms with Gasteiger partial charge in [0, 0.05) is 5.56 Å². The number of hydrogen-bond acceptors (Lipinski definition) is 2. The van der Waals surface area contributed by atoms with E-state index in [-0.39, 0.29) is 17.4 Å². The van der Waals surface area contributed by atoms with Gasteiger partial charge in [-0.15, -0.1) is 0 Å². The molecule has 0 unspecified atom stereocenters. The van der Waals surface area contributed by atoms with Crippen molar-refractivity contribution in [1.82, 2.24) is 0 Å². The summed E-state index contributed by atoms with van der Waals surface area (Å²) < 4.78 is 32.6. The molecule has 0 spiro atoms. The van der Waals surface area contributed by atoms with Crippen molar-refractivity contribution >= 4 is 11.6 Å². The maximum Gasteiger partial charge on any atom is 0.165 e. The summed E-state index contributed by atoms with van der Waals surface area (Å²) in [6.45, 7) is 0.385. The molecular formula is C15H14ClF2NO. The van der Waals surface area contributed by atoms with Gasteiger partial charge in [-0.3, -0.25) is 0 Å². The molecule has 0 aliphatic rings. The van der Waals surface area contributed by atoms with Crippen LogP contribution in [0.5, 0.6) is 5.75 Å². The summed E-state index contributed by atoms with van der Waals surface area (Å²) in [5.74, 6) is -0.856. The van der Waals surface area contributed by atoms with Crippen molar-refractivity contribution in [3.05, 3.63) is 64.2 Å². The Labute approximate surface area is 121 Å². The van der Waals surface area contributed by atoms with Crippen LogP contribution >= 0.6 is 11.6 Å². The molecule has 2 aromatic carbocycles. The van der Waals surface area contributed by atoms with Gasteiger partial charge in [-0.05, 0) is 30.7 Å². The minimum atomic E-state index is -0.525. The molecule has 0 amide bonds. The highest BCUT2D eigenvalue weighted by Crippen LogP contribution is 2.26. The van der Waals surface area contributed by atoms with Crippen molar-refractivity contribution in [3.8, 4) is 5.75 Å². The SMILES string of the molecule is NCCc1cccc(F)c1OCc1cccc(F)c1Cl. The summed E-state index contributed by atoms with van der Waals surface area (Å²) in [5.41, 5.74) is 6.63. The molecular weight excluding hydrogens is 284 g/mol. The van der Waals surface area contributed by atoms with Crippen LogP contribution in [0, 0.1) is 11.6 Å². The lowest BCUT2D eigenvalue weighted by molar-refractivity contribution is 0.286. The molecule has 2 aromatic rings. The van der Waals surface area contributed by atoms with Gasteiger partial charge in [-0.2, -0.15) is 0 Å². The highest BCUT2D eigenvalue weighted by Gasteiger charge is 2.11. The number of benzene rings is 2. The van der Waals surface area contributed by atoms with Gasteiger partial charge in [0.05, 0.1) is 5.02 Å². The number of halogens is 3. The second-order valence-corrected chi connectivity index (χ2v) is 4.65. The number of rotatable bonds is 5. The van der Waals surface area contributed by atoms with Crippen molar-refractivity contribution in [2.45, 2.75) is 13.0 Å². The van der Waals surface area contributed by atoms with Crippen molar-refractivity contribution in [3.63, 3.8) is 0 Å². The Kier molecular flexibility index (Phi) is 4.93. The first-order valence-corrected chi connectivity index (χ1v) is 6.54. The van der Waals surface area contributed by atoms with Crippen molar-refractivity contribution in [2.75, 3.05) is 6.54 Å². The summed E-state index contributed by atoms with van der Waals surface area (Å²) in [6.07, 6.45) is 0.504. The van der Waals surface area contributed by atoms with Crippen LogP contribution in [0.15, 0.2) is 36.4 Å². The Morgan fingerprint density at radius 2 is 1.65 bits per heavy atom. The largest absolute Gasteiger partial charge is 0.485 e. The molecule has 0 aromatic heterocycles. The lowest BCUT2D eigenvalue weighted by Crippen LogP contribution is -2.07. The minimum absolute atomic E-state index is 0.00486. The molecule has 106 valence electrons. The normalized spacial score (nSPS) is 10.6. The number of hydrogen-bond donors (Lipinski definition) is 1. The first-order valence-electron chi connectivity index (χ1n) is 6.16. The van der Waals surface area contributed by atoms with Gasteiger partial charge in [0.15, 0.2) is 11.6 Å². The molecule has 0 bridgehead atoms. The monoisotopic (exact) mass is 297 g/mol. The zero-order valence-corrected chi connectivity index (χ0v) is 11.5. The van der Waals surface area contributed by atoms with Gasteiger partial charge in [0.25, 0.3) is 0 Å². The first-order chi connectivity index (χ1) is 9.63. The van der Waals surface area contributed by atoms with Crippen LogP contribution in [0.2, 0.25) is 5.02 Å². The zero-order chi connectivity index (χ0) is 14.5. The van der Waals surface area contributed by atoms with Gasteiger partial charge in [0.1, 0.15) is 12.4 Å². The molecule has 2 N–H and O–H groups in total. The molecule has 0 radical (unpaired) electrons. The average molecular weight is 298 g/mol. The molecule has 20 heavy (non-hydrogen) atoms. The fourth-order valence-corrected chi connectivity index (χ4v) is 2.06. The number of nitrogens with two attached hydrogens (primary N) is 1. The molecule has 0 saturated carbocycles. The standard InChI is InChI=1S/C15H14ClF2NO/c16-14-11(4-2-5-12(14)17)9-20-15-10(7-8-19)3-1-6-13(15)18/h1-6H,7-9,19H2. The summed E-state index contributed by atoms with van der Waals surface area (Å²) in [5, 5.41) is -0.00999. The minimum Gasteiger partial charge on any atom is -0.485 e. The summed E-state index contributed by atoms with van der Waals surface area (Å²) in [4.78, 5) is 0. The van der Waals surface area contributed by atoms with Crippen LogP contribution in [0.1, 0.15) is 11.1 Å². The quantitative estimate of drug-likeness (QED) is 0.913. The summed E-state index contributed by atoms with van der Waals surface area (Å²) in [7, 11) is 0. The zero-order valence-electron chi connectivity index (χ0n) is 10.7. The van der Waals surface area contributed by atoms with Gasteiger partial charge in [0.2, 0.25) is 0 Å². The van der Waals surface area contributed by atoms with Crippen LogP contribution in [0.25, 0.3) is 0 Å². The highest BCUT2D eigenvalue weighted by atomic mass is 35.5. The van der Waals surface area contributed by atoms with E-state index in [1.807, 2.05) is 0 Å². The lowest BCUT2D eigenvalue weighted by Gasteiger charge is -2.13. The Bertz CT molecular complexity index is 604. The first kappa shape index (κ1) is 14.8. The van der Waals surface area contributed by atoms with Crippen molar-refractivity contribution in [2.24, 2.45) is 5.73 Å². The van der Waals surface area contributed by atoms with E-state index >= 15 is 0 Å². The van der Waals surface area contributed by atoms with Crippen LogP contribution in [0.4, 0.5) is 8.78 Å². The predicted octanol–water partition coefficient (Wildman–Crippen LogP) is 3.70. The maximum absolute atomic E-state index is 13.8. The van der Waals surface area contributed by atoms with E-state index in [9.17, 15) is 8.78 Å². The second-order valence-electron chi connectivity index (χ2n) is 4.27. The van der Waals surface area contributed by atoms with E-state index in [4.69, 9.17) is 22.1 Å². The van der Waals surface area contributed by atoms with Gasteiger partial charge in [-0.1, -0.05) is 35.9 Å². The third kappa shape index (κ3) is 3.26. The summed E-state index contributed by atoms with van der Waals surface area (Å²) >= 11 is 5.83. The fourth-order valence-electron chi connectivity index (χ4n) is 1.88. The highest BCUT2D eigenvalue weighted by molar-refractivity contribution is 6.31. The topological polar surface area (TPSA) is 35.2 Å². The van der Waals surface area contributed by atoms with Gasteiger partial charge in [-0.25, -0.2) is 8.78 Å². The van der Waals surface area contributed by atoms with E-state index < -0.39 is 11.6 Å². The Morgan fingerprint density at radius 3 is 2.35 bits per heavy atom. The average Bonchev–Trinajstić information content (AvgIpc) is 2.43. The van der Waals surface area contributed by atoms with E-state index in [1.165, 1.54) is 18.2 Å². The maximum atomic E-state index is 13.8. The Balaban J connectivity index is 2.20. The summed E-state index contributed by atoms with van der Waals surface area (Å²) in [6, 6.07) is 9.08. The molecule has 0 heterocycles. The van der Waals surface area contributed by atoms with E-state index in [2.05, 4.69) is 0 Å². The van der Waals surface area contributed by atoms with Crippen LogP contribution in [-0.4, -0.2) is 6.54 Å². The number of para-hydroxylation sites is 1. The van der Waals surface area contributed by atoms with E-state index in [0.29, 0.717) is 24.1 Å². The third-order valence-corrected chi connectivity index (χ3v) is 3.29. The molecule has 0 aliphatic heterocycles. The third-order valence-electron chi connectivity index (χ3n) is 2.87. The lowest BCUT2D eigenvalue weighted by atomic mass is 10.1. The molecule has 0 atom stereocenters. The molecule has 0 saturated heterocycles. The molecule has 0 aliphatic carbocycles. The number of ether oxygens (including phenoxy) is 1. The molecule has 2 nitrogen and oxygen atoms in total. The van der Waals surface area contributed by atoms with Gasteiger partial charge >= 0.3 is 0 Å². The van der Waals surface area contributed by atoms with Crippen molar-refractivity contribution < 1.29 is 13.5 Å². The van der Waals surface area contributed by atoms with Crippen LogP contribution in [0.3, 0.4) is 0 Å².